The second-order valence-corrected chi connectivity index (χ2v) is 6.57. The van der Waals surface area contributed by atoms with E-state index in [1.165, 1.54) is 16.7 Å². The summed E-state index contributed by atoms with van der Waals surface area (Å²) in [6.07, 6.45) is 9.62. The number of carbonyl (C=O) groups is 1. The van der Waals surface area contributed by atoms with Crippen molar-refractivity contribution in [1.82, 2.24) is 0 Å². The lowest BCUT2D eigenvalue weighted by Crippen LogP contribution is -2.33. The van der Waals surface area contributed by atoms with Gasteiger partial charge in [0.2, 0.25) is 0 Å². The average Bonchev–Trinajstić information content (AvgIpc) is 2.72. The molecule has 2 N–H and O–H groups in total. The molecule has 2 aromatic carbocycles. The number of allylic oxidation sites excluding steroid dienone is 2. The van der Waals surface area contributed by atoms with Gasteiger partial charge in [-0.3, -0.25) is 4.79 Å². The molecule has 0 saturated heterocycles. The third-order valence-corrected chi connectivity index (χ3v) is 4.56. The molecule has 26 heavy (non-hydrogen) atoms. The van der Waals surface area contributed by atoms with Gasteiger partial charge in [-0.05, 0) is 47.9 Å². The highest BCUT2D eigenvalue weighted by Crippen LogP contribution is 2.20. The molecule has 0 aliphatic heterocycles. The number of ether oxygens (including phenoxy) is 1. The van der Waals surface area contributed by atoms with E-state index in [4.69, 9.17) is 10.5 Å². The van der Waals surface area contributed by atoms with Gasteiger partial charge >= 0.3 is 5.97 Å². The number of hydrogen-bond donors (Lipinski definition) is 1. The Morgan fingerprint density at radius 3 is 2.42 bits per heavy atom. The quantitative estimate of drug-likeness (QED) is 0.754. The molecule has 3 heteroatoms. The van der Waals surface area contributed by atoms with E-state index in [1.54, 1.807) is 0 Å². The molecule has 1 aliphatic rings. The monoisotopic (exact) mass is 347 g/mol. The van der Waals surface area contributed by atoms with Gasteiger partial charge < -0.3 is 10.5 Å². The molecule has 0 unspecified atom stereocenters. The van der Waals surface area contributed by atoms with Gasteiger partial charge in [-0.2, -0.15) is 0 Å². The zero-order chi connectivity index (χ0) is 18.2. The highest BCUT2D eigenvalue weighted by Gasteiger charge is 2.15. The SMILES string of the molecule is N[C@@H](CCc1ccc(-c2ccccc2)cc1)C(=O)OCC1=CCCC=C1. The lowest BCUT2D eigenvalue weighted by molar-refractivity contribution is -0.144. The van der Waals surface area contributed by atoms with Gasteiger partial charge in [-0.1, -0.05) is 72.8 Å². The van der Waals surface area contributed by atoms with Gasteiger partial charge in [0.15, 0.2) is 0 Å². The van der Waals surface area contributed by atoms with Crippen LogP contribution in [0.4, 0.5) is 0 Å². The molecule has 0 aromatic heterocycles. The van der Waals surface area contributed by atoms with Crippen LogP contribution in [0.3, 0.4) is 0 Å². The number of carbonyl (C=O) groups excluding carboxylic acids is 1. The minimum Gasteiger partial charge on any atom is -0.460 e. The molecular formula is C23H25NO2. The van der Waals surface area contributed by atoms with Gasteiger partial charge in [-0.15, -0.1) is 0 Å². The Morgan fingerprint density at radius 2 is 1.73 bits per heavy atom. The van der Waals surface area contributed by atoms with Crippen molar-refractivity contribution in [2.24, 2.45) is 5.73 Å². The number of esters is 1. The molecular weight excluding hydrogens is 322 g/mol. The van der Waals surface area contributed by atoms with Gasteiger partial charge in [0.05, 0.1) is 0 Å². The largest absolute Gasteiger partial charge is 0.460 e. The molecule has 3 nitrogen and oxygen atoms in total. The summed E-state index contributed by atoms with van der Waals surface area (Å²) in [5.74, 6) is -0.328. The van der Waals surface area contributed by atoms with E-state index >= 15 is 0 Å². The molecule has 0 fully saturated rings. The topological polar surface area (TPSA) is 52.3 Å². The molecule has 2 aromatic rings. The molecule has 1 atom stereocenters. The molecule has 0 spiro atoms. The standard InChI is InChI=1S/C23H25NO2/c24-22(23(25)26-17-19-7-3-1-4-8-19)16-13-18-11-14-21(15-12-18)20-9-5-2-6-10-20/h2-3,5-12,14-15,22H,1,4,13,16-17,24H2/t22-/m0/s1. The summed E-state index contributed by atoms with van der Waals surface area (Å²) in [7, 11) is 0. The zero-order valence-corrected chi connectivity index (χ0v) is 14.9. The second-order valence-electron chi connectivity index (χ2n) is 6.57. The van der Waals surface area contributed by atoms with Crippen LogP contribution in [0.25, 0.3) is 11.1 Å². The van der Waals surface area contributed by atoms with Crippen molar-refractivity contribution in [1.29, 1.82) is 0 Å². The summed E-state index contributed by atoms with van der Waals surface area (Å²) in [5, 5.41) is 0. The summed E-state index contributed by atoms with van der Waals surface area (Å²) in [6.45, 7) is 0.314. The van der Waals surface area contributed by atoms with Gasteiger partial charge in [0.25, 0.3) is 0 Å². The fraction of sp³-hybridized carbons (Fsp3) is 0.261. The highest BCUT2D eigenvalue weighted by molar-refractivity contribution is 5.75. The van der Waals surface area contributed by atoms with Gasteiger partial charge in [0.1, 0.15) is 12.6 Å². The van der Waals surface area contributed by atoms with Crippen LogP contribution in [0.15, 0.2) is 78.4 Å². The highest BCUT2D eigenvalue weighted by atomic mass is 16.5. The van der Waals surface area contributed by atoms with E-state index in [2.05, 4.69) is 48.6 Å². The van der Waals surface area contributed by atoms with Crippen LogP contribution in [-0.4, -0.2) is 18.6 Å². The Bertz CT molecular complexity index is 776. The van der Waals surface area contributed by atoms with Crippen molar-refractivity contribution in [3.05, 3.63) is 84.0 Å². The van der Waals surface area contributed by atoms with E-state index in [1.807, 2.05) is 24.3 Å². The van der Waals surface area contributed by atoms with Crippen LogP contribution >= 0.6 is 0 Å². The number of rotatable bonds is 7. The van der Waals surface area contributed by atoms with Crippen LogP contribution in [0.1, 0.15) is 24.8 Å². The maximum absolute atomic E-state index is 12.0. The molecule has 1 aliphatic carbocycles. The van der Waals surface area contributed by atoms with Crippen LogP contribution in [0, 0.1) is 0 Å². The van der Waals surface area contributed by atoms with Gasteiger partial charge in [0, 0.05) is 0 Å². The van der Waals surface area contributed by atoms with Crippen molar-refractivity contribution in [3.8, 4) is 11.1 Å². The van der Waals surface area contributed by atoms with E-state index in [9.17, 15) is 4.79 Å². The van der Waals surface area contributed by atoms with E-state index in [0.717, 1.165) is 24.8 Å². The Balaban J connectivity index is 1.46. The third kappa shape index (κ3) is 5.17. The van der Waals surface area contributed by atoms with Crippen LogP contribution in [-0.2, 0) is 16.0 Å². The average molecular weight is 347 g/mol. The van der Waals surface area contributed by atoms with Crippen molar-refractivity contribution in [2.75, 3.05) is 6.61 Å². The minimum atomic E-state index is -0.586. The summed E-state index contributed by atoms with van der Waals surface area (Å²) in [6, 6.07) is 18.1. The van der Waals surface area contributed by atoms with E-state index in [0.29, 0.717) is 13.0 Å². The lowest BCUT2D eigenvalue weighted by atomic mass is 10.0. The van der Waals surface area contributed by atoms with Crippen LogP contribution < -0.4 is 5.73 Å². The second kappa shape index (κ2) is 9.16. The molecule has 3 rings (SSSR count). The summed E-state index contributed by atoms with van der Waals surface area (Å²) >= 11 is 0. The minimum absolute atomic E-state index is 0.314. The van der Waals surface area contributed by atoms with Crippen molar-refractivity contribution in [3.63, 3.8) is 0 Å². The Labute approximate surface area is 155 Å². The van der Waals surface area contributed by atoms with Crippen LogP contribution in [0.5, 0.6) is 0 Å². The Kier molecular flexibility index (Phi) is 6.39. The third-order valence-electron chi connectivity index (χ3n) is 4.56. The number of aryl methyl sites for hydroxylation is 1. The van der Waals surface area contributed by atoms with Crippen molar-refractivity contribution >= 4 is 5.97 Å². The predicted molar refractivity (Wildman–Crippen MR) is 106 cm³/mol. The van der Waals surface area contributed by atoms with Crippen LogP contribution in [0.2, 0.25) is 0 Å². The first-order valence-corrected chi connectivity index (χ1v) is 9.14. The Morgan fingerprint density at radius 1 is 1.00 bits per heavy atom. The zero-order valence-electron chi connectivity index (χ0n) is 14.9. The maximum Gasteiger partial charge on any atom is 0.323 e. The molecule has 0 heterocycles. The fourth-order valence-electron chi connectivity index (χ4n) is 2.97. The normalized spacial score (nSPS) is 14.6. The molecule has 0 saturated carbocycles. The first-order valence-electron chi connectivity index (χ1n) is 9.14. The first-order chi connectivity index (χ1) is 12.7. The molecule has 0 amide bonds. The Hall–Kier alpha value is -2.65. The predicted octanol–water partition coefficient (Wildman–Crippen LogP) is 4.43. The smallest absolute Gasteiger partial charge is 0.323 e. The maximum atomic E-state index is 12.0. The molecule has 134 valence electrons. The van der Waals surface area contributed by atoms with E-state index < -0.39 is 6.04 Å². The van der Waals surface area contributed by atoms with Gasteiger partial charge in [-0.25, -0.2) is 0 Å². The number of hydrogen-bond acceptors (Lipinski definition) is 3. The van der Waals surface area contributed by atoms with E-state index in [-0.39, 0.29) is 5.97 Å². The lowest BCUT2D eigenvalue weighted by Gasteiger charge is -2.13. The first kappa shape index (κ1) is 18.2. The summed E-state index contributed by atoms with van der Waals surface area (Å²) < 4.78 is 5.33. The van der Waals surface area contributed by atoms with Crippen molar-refractivity contribution in [2.45, 2.75) is 31.7 Å². The summed E-state index contributed by atoms with van der Waals surface area (Å²) in [4.78, 5) is 12.0. The fourth-order valence-corrected chi connectivity index (χ4v) is 2.97. The molecule has 0 radical (unpaired) electrons. The van der Waals surface area contributed by atoms with Crippen molar-refractivity contribution < 1.29 is 9.53 Å². The summed E-state index contributed by atoms with van der Waals surface area (Å²) in [5.41, 5.74) is 10.6. The number of nitrogens with two attached hydrogens (primary N) is 1. The molecule has 0 bridgehead atoms. The number of benzene rings is 2.